The first-order chi connectivity index (χ1) is 21.4. The fourth-order valence-corrected chi connectivity index (χ4v) is 4.98. The Kier molecular flexibility index (Phi) is 9.82. The fourth-order valence-electron chi connectivity index (χ4n) is 4.69. The summed E-state index contributed by atoms with van der Waals surface area (Å²) in [5, 5.41) is 31.4. The van der Waals surface area contributed by atoms with E-state index in [-0.39, 0.29) is 19.8 Å². The maximum atomic E-state index is 11.4. The number of ether oxygens (including phenoxy) is 4. The van der Waals surface area contributed by atoms with E-state index in [1.54, 1.807) is 18.3 Å². The summed E-state index contributed by atoms with van der Waals surface area (Å²) in [7, 11) is 0. The molecule has 1 aliphatic rings. The molecule has 226 valence electrons. The number of aromatic nitrogens is 1. The molecule has 0 saturated carbocycles. The summed E-state index contributed by atoms with van der Waals surface area (Å²) in [4.78, 5) is 15.5. The summed E-state index contributed by atoms with van der Waals surface area (Å²) in [6, 6.07) is 17.6. The van der Waals surface area contributed by atoms with Crippen molar-refractivity contribution in [3.8, 4) is 40.2 Å². The number of hydrogen-bond donors (Lipinski definition) is 3. The number of nitrogens with zero attached hydrogens (tertiary/aromatic N) is 2. The molecule has 0 amide bonds. The van der Waals surface area contributed by atoms with Gasteiger partial charge in [0.1, 0.15) is 50.0 Å². The number of fused-ring (bicyclic) bond motifs is 1. The van der Waals surface area contributed by atoms with Gasteiger partial charge < -0.3 is 29.2 Å². The van der Waals surface area contributed by atoms with E-state index >= 15 is 0 Å². The summed E-state index contributed by atoms with van der Waals surface area (Å²) in [5.74, 6) is 1.20. The van der Waals surface area contributed by atoms with Crippen molar-refractivity contribution in [3.63, 3.8) is 0 Å². The van der Waals surface area contributed by atoms with Gasteiger partial charge in [0.05, 0.1) is 17.2 Å². The molecule has 10 nitrogen and oxygen atoms in total. The first-order valence-electron chi connectivity index (χ1n) is 13.8. The van der Waals surface area contributed by atoms with Crippen LogP contribution in [0.4, 0.5) is 0 Å². The number of nitriles is 1. The molecule has 5 rings (SSSR count). The van der Waals surface area contributed by atoms with Gasteiger partial charge in [0, 0.05) is 47.3 Å². The van der Waals surface area contributed by atoms with E-state index in [0.717, 1.165) is 22.3 Å². The van der Waals surface area contributed by atoms with E-state index in [9.17, 15) is 20.3 Å². The predicted octanol–water partition coefficient (Wildman–Crippen LogP) is 5.05. The minimum Gasteiger partial charge on any atom is -0.488 e. The summed E-state index contributed by atoms with van der Waals surface area (Å²) in [6.07, 6.45) is 3.07. The number of hydrogen-bond acceptors (Lipinski definition) is 9. The number of nitrogens with one attached hydrogen (secondary N) is 1. The van der Waals surface area contributed by atoms with Gasteiger partial charge in [0.2, 0.25) is 0 Å². The van der Waals surface area contributed by atoms with Gasteiger partial charge in [0.25, 0.3) is 0 Å². The van der Waals surface area contributed by atoms with Crippen LogP contribution in [0.15, 0.2) is 67.0 Å². The van der Waals surface area contributed by atoms with E-state index in [2.05, 4.69) is 16.4 Å². The fraction of sp³-hybridized carbons (Fsp3) is 0.242. The standard InChI is InChI=1S/C33H30ClN3O7/c1-20-9-25(16-37-27(17-38)33(39)40)30(43-18-22-10-21(13-35)14-36-15-22)12-29(20)44-19-24-3-2-4-26(32(24)34)23-5-6-28-31(11-23)42-8-7-41-28/h2-6,9-12,14-15,27,37-38H,7-8,16-19H2,1H3,(H,39,40)/t27-/m1/s1. The highest BCUT2D eigenvalue weighted by atomic mass is 35.5. The van der Waals surface area contributed by atoms with Crippen LogP contribution in [0, 0.1) is 18.3 Å². The Morgan fingerprint density at radius 2 is 1.84 bits per heavy atom. The zero-order chi connectivity index (χ0) is 31.1. The number of aryl methyl sites for hydroxylation is 1. The number of aliphatic hydroxyl groups excluding tert-OH is 1. The molecule has 44 heavy (non-hydrogen) atoms. The van der Waals surface area contributed by atoms with Crippen LogP contribution in [0.1, 0.15) is 27.8 Å². The number of aliphatic carboxylic acids is 1. The first kappa shape index (κ1) is 30.6. The van der Waals surface area contributed by atoms with Crippen molar-refractivity contribution in [1.82, 2.24) is 10.3 Å². The van der Waals surface area contributed by atoms with E-state index in [1.165, 1.54) is 6.20 Å². The average Bonchev–Trinajstić information content (AvgIpc) is 3.04. The number of halogens is 1. The lowest BCUT2D eigenvalue weighted by atomic mass is 10.0. The molecule has 0 unspecified atom stereocenters. The number of aliphatic hydroxyl groups is 1. The Balaban J connectivity index is 1.37. The second-order valence-corrected chi connectivity index (χ2v) is 10.5. The zero-order valence-corrected chi connectivity index (χ0v) is 24.6. The Labute approximate surface area is 259 Å². The number of carboxylic acid groups (broad SMARTS) is 1. The highest BCUT2D eigenvalue weighted by molar-refractivity contribution is 6.34. The molecule has 1 atom stereocenters. The number of carbonyl (C=O) groups is 1. The molecule has 3 aromatic carbocycles. The second kappa shape index (κ2) is 14.1. The van der Waals surface area contributed by atoms with E-state index in [0.29, 0.717) is 57.9 Å². The molecular weight excluding hydrogens is 586 g/mol. The van der Waals surface area contributed by atoms with Crippen molar-refractivity contribution < 1.29 is 34.0 Å². The van der Waals surface area contributed by atoms with Crippen molar-refractivity contribution in [2.75, 3.05) is 19.8 Å². The van der Waals surface area contributed by atoms with E-state index in [1.807, 2.05) is 49.4 Å². The number of carboxylic acids is 1. The third kappa shape index (κ3) is 7.21. The molecule has 0 spiro atoms. The summed E-state index contributed by atoms with van der Waals surface area (Å²) < 4.78 is 23.7. The van der Waals surface area contributed by atoms with Crippen molar-refractivity contribution in [1.29, 1.82) is 5.26 Å². The number of pyridine rings is 1. The Hall–Kier alpha value is -4.82. The first-order valence-corrected chi connectivity index (χ1v) is 14.2. The third-order valence-corrected chi connectivity index (χ3v) is 7.46. The highest BCUT2D eigenvalue weighted by Crippen LogP contribution is 2.38. The van der Waals surface area contributed by atoms with Crippen LogP contribution in [-0.2, 0) is 24.6 Å². The van der Waals surface area contributed by atoms with Gasteiger partial charge in [-0.05, 0) is 42.3 Å². The van der Waals surface area contributed by atoms with Gasteiger partial charge in [-0.2, -0.15) is 5.26 Å². The minimum atomic E-state index is -1.17. The molecule has 4 aromatic rings. The molecule has 0 saturated heterocycles. The SMILES string of the molecule is Cc1cc(CN[C@H](CO)C(=O)O)c(OCc2cncc(C#N)c2)cc1OCc1cccc(-c2ccc3c(c2)OCCO3)c1Cl. The van der Waals surface area contributed by atoms with Gasteiger partial charge in [-0.15, -0.1) is 0 Å². The van der Waals surface area contributed by atoms with E-state index in [4.69, 9.17) is 30.5 Å². The highest BCUT2D eigenvalue weighted by Gasteiger charge is 2.19. The monoisotopic (exact) mass is 615 g/mol. The Morgan fingerprint density at radius 3 is 2.61 bits per heavy atom. The van der Waals surface area contributed by atoms with Gasteiger partial charge in [0.15, 0.2) is 11.5 Å². The van der Waals surface area contributed by atoms with Gasteiger partial charge in [-0.25, -0.2) is 0 Å². The lowest BCUT2D eigenvalue weighted by molar-refractivity contribution is -0.140. The van der Waals surface area contributed by atoms with Gasteiger partial charge >= 0.3 is 5.97 Å². The lowest BCUT2D eigenvalue weighted by Crippen LogP contribution is -2.39. The minimum absolute atomic E-state index is 0.115. The average molecular weight is 616 g/mol. The predicted molar refractivity (Wildman–Crippen MR) is 162 cm³/mol. The maximum absolute atomic E-state index is 11.4. The van der Waals surface area contributed by atoms with Gasteiger partial charge in [-0.3, -0.25) is 15.1 Å². The van der Waals surface area contributed by atoms with Crippen LogP contribution in [-0.4, -0.2) is 47.0 Å². The van der Waals surface area contributed by atoms with Crippen LogP contribution in [0.25, 0.3) is 11.1 Å². The Morgan fingerprint density at radius 1 is 1.05 bits per heavy atom. The topological polar surface area (TPSA) is 143 Å². The maximum Gasteiger partial charge on any atom is 0.323 e. The van der Waals surface area contributed by atoms with E-state index < -0.39 is 18.6 Å². The molecule has 0 bridgehead atoms. The second-order valence-electron chi connectivity index (χ2n) is 10.1. The van der Waals surface area contributed by atoms with Crippen LogP contribution in [0.5, 0.6) is 23.0 Å². The van der Waals surface area contributed by atoms with Crippen LogP contribution in [0.3, 0.4) is 0 Å². The van der Waals surface area contributed by atoms with Crippen molar-refractivity contribution in [3.05, 3.63) is 99.8 Å². The van der Waals surface area contributed by atoms with Crippen molar-refractivity contribution >= 4 is 17.6 Å². The largest absolute Gasteiger partial charge is 0.488 e. The smallest absolute Gasteiger partial charge is 0.323 e. The van der Waals surface area contributed by atoms with Gasteiger partial charge in [-0.1, -0.05) is 35.9 Å². The molecule has 0 aliphatic carbocycles. The lowest BCUT2D eigenvalue weighted by Gasteiger charge is -2.20. The molecular formula is C33H30ClN3O7. The molecule has 1 aliphatic heterocycles. The molecule has 0 radical (unpaired) electrons. The quantitative estimate of drug-likeness (QED) is 0.198. The molecule has 3 N–H and O–H groups in total. The molecule has 11 heteroatoms. The molecule has 2 heterocycles. The molecule has 1 aromatic heterocycles. The number of rotatable bonds is 12. The van der Waals surface area contributed by atoms with Crippen molar-refractivity contribution in [2.45, 2.75) is 32.7 Å². The molecule has 0 fully saturated rings. The van der Waals surface area contributed by atoms with Crippen molar-refractivity contribution in [2.24, 2.45) is 0 Å². The van der Waals surface area contributed by atoms with Crippen LogP contribution >= 0.6 is 11.6 Å². The van der Waals surface area contributed by atoms with Crippen LogP contribution in [0.2, 0.25) is 5.02 Å². The summed E-state index contributed by atoms with van der Waals surface area (Å²) in [6.45, 7) is 2.72. The Bertz CT molecular complexity index is 1710. The summed E-state index contributed by atoms with van der Waals surface area (Å²) in [5.41, 5.74) is 5.04. The summed E-state index contributed by atoms with van der Waals surface area (Å²) >= 11 is 6.86. The normalized spacial score (nSPS) is 12.7. The third-order valence-electron chi connectivity index (χ3n) is 7.01. The zero-order valence-electron chi connectivity index (χ0n) is 23.9. The number of benzene rings is 3. The van der Waals surface area contributed by atoms with Crippen LogP contribution < -0.4 is 24.3 Å².